The van der Waals surface area contributed by atoms with Crippen molar-refractivity contribution in [2.75, 3.05) is 5.32 Å². The number of hydrogen-bond donors (Lipinski definition) is 2. The summed E-state index contributed by atoms with van der Waals surface area (Å²) in [4.78, 5) is 17.1. The Morgan fingerprint density at radius 2 is 2.26 bits per heavy atom. The van der Waals surface area contributed by atoms with Crippen LogP contribution in [0.1, 0.15) is 11.3 Å². The summed E-state index contributed by atoms with van der Waals surface area (Å²) in [7, 11) is 0. The predicted molar refractivity (Wildman–Crippen MR) is 71.0 cm³/mol. The molecule has 5 nitrogen and oxygen atoms in total. The minimum Gasteiger partial charge on any atom is -0.366 e. The molecule has 0 saturated heterocycles. The number of hydrogen-bond acceptors (Lipinski definition) is 4. The molecule has 0 saturated carbocycles. The normalized spacial score (nSPS) is 9.95. The summed E-state index contributed by atoms with van der Waals surface area (Å²) >= 11 is 3.25. The number of H-pyrrole nitrogens is 1. The van der Waals surface area contributed by atoms with Gasteiger partial charge in [-0.05, 0) is 18.2 Å². The lowest BCUT2D eigenvalue weighted by atomic mass is 10.2. The highest BCUT2D eigenvalue weighted by molar-refractivity contribution is 9.10. The van der Waals surface area contributed by atoms with Crippen molar-refractivity contribution >= 4 is 21.7 Å². The van der Waals surface area contributed by atoms with E-state index in [0.29, 0.717) is 5.56 Å². The Bertz CT molecular complexity index is 708. The lowest BCUT2D eigenvalue weighted by Gasteiger charge is -2.07. The van der Waals surface area contributed by atoms with Crippen molar-refractivity contribution in [1.29, 1.82) is 5.26 Å². The smallest absolute Gasteiger partial charge is 0.347 e. The van der Waals surface area contributed by atoms with Crippen LogP contribution in [0.25, 0.3) is 0 Å². The van der Waals surface area contributed by atoms with Gasteiger partial charge in [-0.1, -0.05) is 15.9 Å². The number of rotatable bonds is 3. The molecule has 2 rings (SSSR count). The number of anilines is 1. The minimum absolute atomic E-state index is 0.0946. The fourth-order valence-corrected chi connectivity index (χ4v) is 1.88. The van der Waals surface area contributed by atoms with E-state index in [4.69, 9.17) is 5.26 Å². The first-order valence-corrected chi connectivity index (χ1v) is 6.07. The van der Waals surface area contributed by atoms with Gasteiger partial charge in [0.2, 0.25) is 0 Å². The topological polar surface area (TPSA) is 81.6 Å². The minimum atomic E-state index is -0.628. The van der Waals surface area contributed by atoms with E-state index in [0.717, 1.165) is 4.47 Å². The molecule has 0 aliphatic carbocycles. The van der Waals surface area contributed by atoms with Gasteiger partial charge in [0.25, 0.3) is 0 Å². The monoisotopic (exact) mass is 322 g/mol. The maximum absolute atomic E-state index is 13.5. The van der Waals surface area contributed by atoms with Gasteiger partial charge >= 0.3 is 5.69 Å². The van der Waals surface area contributed by atoms with Gasteiger partial charge in [0.05, 0.1) is 0 Å². The number of aromatic amines is 1. The second kappa shape index (κ2) is 5.63. The molecule has 96 valence electrons. The van der Waals surface area contributed by atoms with E-state index in [1.165, 1.54) is 12.1 Å². The van der Waals surface area contributed by atoms with Crippen LogP contribution in [0.5, 0.6) is 0 Å². The number of nitrogens with zero attached hydrogens (tertiary/aromatic N) is 2. The highest BCUT2D eigenvalue weighted by atomic mass is 79.9. The molecule has 7 heteroatoms. The van der Waals surface area contributed by atoms with Gasteiger partial charge < -0.3 is 5.32 Å². The first kappa shape index (κ1) is 13.2. The molecule has 0 unspecified atom stereocenters. The molecule has 2 N–H and O–H groups in total. The van der Waals surface area contributed by atoms with Gasteiger partial charge in [0.15, 0.2) is 0 Å². The summed E-state index contributed by atoms with van der Waals surface area (Å²) in [5.74, 6) is -0.138. The number of nitriles is 1. The van der Waals surface area contributed by atoms with Crippen molar-refractivity contribution in [3.8, 4) is 6.07 Å². The van der Waals surface area contributed by atoms with E-state index in [9.17, 15) is 9.18 Å². The molecule has 1 heterocycles. The zero-order valence-electron chi connectivity index (χ0n) is 9.58. The number of nitrogens with one attached hydrogen (secondary N) is 2. The molecule has 0 radical (unpaired) electrons. The fourth-order valence-electron chi connectivity index (χ4n) is 1.47. The molecule has 0 fully saturated rings. The van der Waals surface area contributed by atoms with Crippen LogP contribution in [-0.2, 0) is 6.54 Å². The lowest BCUT2D eigenvalue weighted by Crippen LogP contribution is -2.15. The van der Waals surface area contributed by atoms with Crippen LogP contribution in [0.2, 0.25) is 0 Å². The average molecular weight is 323 g/mol. The molecule has 0 bridgehead atoms. The number of halogens is 2. The Balaban J connectivity index is 2.19. The van der Waals surface area contributed by atoms with Gasteiger partial charge in [-0.3, -0.25) is 4.98 Å². The van der Waals surface area contributed by atoms with Crippen molar-refractivity contribution in [3.63, 3.8) is 0 Å². The molecule has 0 aliphatic rings. The predicted octanol–water partition coefficient (Wildman–Crippen LogP) is 2.16. The third kappa shape index (κ3) is 3.39. The number of aromatic nitrogens is 2. The summed E-state index contributed by atoms with van der Waals surface area (Å²) in [6.45, 7) is 0.159. The quantitative estimate of drug-likeness (QED) is 0.907. The van der Waals surface area contributed by atoms with Crippen LogP contribution in [0, 0.1) is 17.1 Å². The van der Waals surface area contributed by atoms with Crippen LogP contribution >= 0.6 is 15.9 Å². The summed E-state index contributed by atoms with van der Waals surface area (Å²) in [5.41, 5.74) is -0.108. The molecule has 0 spiro atoms. The maximum Gasteiger partial charge on any atom is 0.347 e. The van der Waals surface area contributed by atoms with Crippen LogP contribution in [0.3, 0.4) is 0 Å². The third-order valence-electron chi connectivity index (χ3n) is 2.33. The fraction of sp³-hybridized carbons (Fsp3) is 0.0833. The van der Waals surface area contributed by atoms with Crippen LogP contribution in [0.4, 0.5) is 10.2 Å². The second-order valence-electron chi connectivity index (χ2n) is 3.69. The first-order valence-electron chi connectivity index (χ1n) is 5.28. The molecule has 2 aromatic rings. The largest absolute Gasteiger partial charge is 0.366 e. The zero-order chi connectivity index (χ0) is 13.8. The molecule has 1 aromatic carbocycles. The SMILES string of the molecule is N#Cc1cc(NCc2cc(Br)ccc2F)nc(=O)[nH]1. The van der Waals surface area contributed by atoms with Crippen molar-refractivity contribution in [2.24, 2.45) is 0 Å². The summed E-state index contributed by atoms with van der Waals surface area (Å²) < 4.78 is 14.2. The van der Waals surface area contributed by atoms with Crippen LogP contribution in [-0.4, -0.2) is 9.97 Å². The summed E-state index contributed by atoms with van der Waals surface area (Å²) in [5, 5.41) is 11.5. The van der Waals surface area contributed by atoms with E-state index >= 15 is 0 Å². The van der Waals surface area contributed by atoms with Gasteiger partial charge in [-0.15, -0.1) is 0 Å². The van der Waals surface area contributed by atoms with E-state index < -0.39 is 5.69 Å². The van der Waals surface area contributed by atoms with Gasteiger partial charge in [0, 0.05) is 22.6 Å². The zero-order valence-corrected chi connectivity index (χ0v) is 11.2. The van der Waals surface area contributed by atoms with Crippen molar-refractivity contribution in [3.05, 3.63) is 56.3 Å². The van der Waals surface area contributed by atoms with Gasteiger partial charge in [0.1, 0.15) is 23.4 Å². The lowest BCUT2D eigenvalue weighted by molar-refractivity contribution is 0.612. The second-order valence-corrected chi connectivity index (χ2v) is 4.60. The summed E-state index contributed by atoms with van der Waals surface area (Å²) in [6.07, 6.45) is 0. The molecule has 0 aliphatic heterocycles. The molecular formula is C12H8BrFN4O. The Labute approximate surface area is 116 Å². The van der Waals surface area contributed by atoms with E-state index in [2.05, 4.69) is 31.2 Å². The molecule has 19 heavy (non-hydrogen) atoms. The van der Waals surface area contributed by atoms with Crippen molar-refractivity contribution < 1.29 is 4.39 Å². The maximum atomic E-state index is 13.5. The van der Waals surface area contributed by atoms with E-state index in [1.807, 2.05) is 6.07 Å². The summed E-state index contributed by atoms with van der Waals surface area (Å²) in [6, 6.07) is 7.76. The highest BCUT2D eigenvalue weighted by Gasteiger charge is 2.04. The van der Waals surface area contributed by atoms with Gasteiger partial charge in [-0.25, -0.2) is 9.18 Å². The Morgan fingerprint density at radius 1 is 1.47 bits per heavy atom. The average Bonchev–Trinajstić information content (AvgIpc) is 2.39. The van der Waals surface area contributed by atoms with Crippen LogP contribution < -0.4 is 11.0 Å². The van der Waals surface area contributed by atoms with Crippen molar-refractivity contribution in [1.82, 2.24) is 9.97 Å². The van der Waals surface area contributed by atoms with Crippen LogP contribution in [0.15, 0.2) is 33.5 Å². The first-order chi connectivity index (χ1) is 9.08. The molecular weight excluding hydrogens is 315 g/mol. The third-order valence-corrected chi connectivity index (χ3v) is 2.83. The molecule has 1 aromatic heterocycles. The van der Waals surface area contributed by atoms with Gasteiger partial charge in [-0.2, -0.15) is 10.2 Å². The van der Waals surface area contributed by atoms with E-state index in [-0.39, 0.29) is 23.9 Å². The van der Waals surface area contributed by atoms with E-state index in [1.54, 1.807) is 12.1 Å². The molecule has 0 atom stereocenters. The number of benzene rings is 1. The Kier molecular flexibility index (Phi) is 3.92. The van der Waals surface area contributed by atoms with Crippen molar-refractivity contribution in [2.45, 2.75) is 6.54 Å². The molecule has 0 amide bonds. The Morgan fingerprint density at radius 3 is 3.00 bits per heavy atom. The Hall–Kier alpha value is -2.20. The highest BCUT2D eigenvalue weighted by Crippen LogP contribution is 2.16. The standard InChI is InChI=1S/C12H8BrFN4O/c13-8-1-2-10(14)7(3-8)6-16-11-4-9(5-15)17-12(19)18-11/h1-4H,6H2,(H2,16,17,18,19).